The summed E-state index contributed by atoms with van der Waals surface area (Å²) in [6.45, 7) is 0.879. The van der Waals surface area contributed by atoms with Crippen LogP contribution in [0.2, 0.25) is 0 Å². The van der Waals surface area contributed by atoms with E-state index in [9.17, 15) is 4.79 Å². The molecule has 1 aliphatic heterocycles. The van der Waals surface area contributed by atoms with E-state index in [1.807, 2.05) is 12.2 Å². The summed E-state index contributed by atoms with van der Waals surface area (Å²) in [5, 5.41) is 3.12. The van der Waals surface area contributed by atoms with E-state index in [-0.39, 0.29) is 11.9 Å². The van der Waals surface area contributed by atoms with Gasteiger partial charge < -0.3 is 11.1 Å². The predicted octanol–water partition coefficient (Wildman–Crippen LogP) is -0.0540. The highest BCUT2D eigenvalue weighted by Gasteiger charge is 2.32. The molecule has 0 bridgehead atoms. The molecule has 3 heteroatoms. The molecule has 1 saturated heterocycles. The molecule has 12 heavy (non-hydrogen) atoms. The lowest BCUT2D eigenvalue weighted by Gasteiger charge is -2.13. The molecule has 2 rings (SSSR count). The molecule has 2 aliphatic rings. The Morgan fingerprint density at radius 2 is 2.50 bits per heavy atom. The maximum absolute atomic E-state index is 11.0. The highest BCUT2D eigenvalue weighted by Crippen LogP contribution is 2.27. The molecular weight excluding hydrogens is 152 g/mol. The zero-order valence-electron chi connectivity index (χ0n) is 6.79. The van der Waals surface area contributed by atoms with E-state index in [4.69, 9.17) is 5.73 Å². The van der Waals surface area contributed by atoms with Gasteiger partial charge in [-0.15, -0.1) is 0 Å². The summed E-state index contributed by atoms with van der Waals surface area (Å²) in [5.74, 6) is 0.228. The Labute approximate surface area is 71.3 Å². The highest BCUT2D eigenvalue weighted by molar-refractivity contribution is 5.84. The van der Waals surface area contributed by atoms with Crippen LogP contribution in [0.5, 0.6) is 0 Å². The molecule has 2 unspecified atom stereocenters. The molecule has 0 aromatic rings. The van der Waals surface area contributed by atoms with Crippen LogP contribution >= 0.6 is 0 Å². The third kappa shape index (κ3) is 1.06. The third-order valence-electron chi connectivity index (χ3n) is 2.50. The van der Waals surface area contributed by atoms with E-state index >= 15 is 0 Å². The molecule has 0 spiro atoms. The SMILES string of the molecule is NC(=O)C1NCC2CC=CC=C21. The summed E-state index contributed by atoms with van der Waals surface area (Å²) in [7, 11) is 0. The maximum Gasteiger partial charge on any atom is 0.238 e. The lowest BCUT2D eigenvalue weighted by molar-refractivity contribution is -0.118. The summed E-state index contributed by atoms with van der Waals surface area (Å²) in [6, 6.07) is -0.222. The fourth-order valence-corrected chi connectivity index (χ4v) is 1.87. The fraction of sp³-hybridized carbons (Fsp3) is 0.444. The molecule has 1 heterocycles. The monoisotopic (exact) mass is 164 g/mol. The van der Waals surface area contributed by atoms with Crippen LogP contribution in [0, 0.1) is 5.92 Å². The molecule has 0 aromatic heterocycles. The van der Waals surface area contributed by atoms with E-state index < -0.39 is 0 Å². The van der Waals surface area contributed by atoms with Crippen molar-refractivity contribution in [3.05, 3.63) is 23.8 Å². The van der Waals surface area contributed by atoms with Crippen molar-refractivity contribution in [3.63, 3.8) is 0 Å². The smallest absolute Gasteiger partial charge is 0.238 e. The van der Waals surface area contributed by atoms with E-state index in [1.54, 1.807) is 0 Å². The molecule has 64 valence electrons. The quantitative estimate of drug-likeness (QED) is 0.570. The van der Waals surface area contributed by atoms with Crippen molar-refractivity contribution in [1.82, 2.24) is 5.32 Å². The summed E-state index contributed by atoms with van der Waals surface area (Å²) in [4.78, 5) is 11.0. The minimum Gasteiger partial charge on any atom is -0.368 e. The van der Waals surface area contributed by atoms with Crippen LogP contribution in [-0.2, 0) is 4.79 Å². The molecule has 0 saturated carbocycles. The number of hydrogen-bond donors (Lipinski definition) is 2. The van der Waals surface area contributed by atoms with Crippen molar-refractivity contribution >= 4 is 5.91 Å². The maximum atomic E-state index is 11.0. The Morgan fingerprint density at radius 1 is 1.67 bits per heavy atom. The first kappa shape index (κ1) is 7.55. The van der Waals surface area contributed by atoms with Crippen LogP contribution in [-0.4, -0.2) is 18.5 Å². The van der Waals surface area contributed by atoms with Gasteiger partial charge in [0.2, 0.25) is 5.91 Å². The minimum atomic E-state index is -0.265. The number of rotatable bonds is 1. The fourth-order valence-electron chi connectivity index (χ4n) is 1.87. The molecular formula is C9H12N2O. The van der Waals surface area contributed by atoms with Crippen molar-refractivity contribution < 1.29 is 4.79 Å². The van der Waals surface area contributed by atoms with Gasteiger partial charge in [-0.2, -0.15) is 0 Å². The number of allylic oxidation sites excluding steroid dienone is 3. The standard InChI is InChI=1S/C9H12N2O/c10-9(12)8-7-4-2-1-3-6(7)5-11-8/h1-2,4,6,8,11H,3,5H2,(H2,10,12). The second kappa shape index (κ2) is 2.75. The Morgan fingerprint density at radius 3 is 3.25 bits per heavy atom. The number of nitrogens with one attached hydrogen (secondary N) is 1. The van der Waals surface area contributed by atoms with E-state index in [2.05, 4.69) is 11.4 Å². The van der Waals surface area contributed by atoms with Gasteiger partial charge in [-0.3, -0.25) is 4.79 Å². The zero-order chi connectivity index (χ0) is 8.55. The van der Waals surface area contributed by atoms with Crippen molar-refractivity contribution in [2.75, 3.05) is 6.54 Å². The van der Waals surface area contributed by atoms with Crippen LogP contribution in [0.15, 0.2) is 23.8 Å². The molecule has 1 aliphatic carbocycles. The van der Waals surface area contributed by atoms with Gasteiger partial charge in [-0.1, -0.05) is 18.2 Å². The van der Waals surface area contributed by atoms with E-state index in [0.29, 0.717) is 5.92 Å². The first-order chi connectivity index (χ1) is 5.79. The van der Waals surface area contributed by atoms with Gasteiger partial charge in [-0.25, -0.2) is 0 Å². The molecule has 3 nitrogen and oxygen atoms in total. The number of nitrogens with two attached hydrogens (primary N) is 1. The van der Waals surface area contributed by atoms with Gasteiger partial charge in [0.25, 0.3) is 0 Å². The molecule has 1 fully saturated rings. The molecule has 1 amide bonds. The molecule has 0 radical (unpaired) electrons. The number of primary amides is 1. The number of amides is 1. The lowest BCUT2D eigenvalue weighted by Crippen LogP contribution is -2.37. The Hall–Kier alpha value is -1.09. The van der Waals surface area contributed by atoms with Crippen LogP contribution < -0.4 is 11.1 Å². The molecule has 3 N–H and O–H groups in total. The molecule has 2 atom stereocenters. The Bertz CT molecular complexity index is 268. The topological polar surface area (TPSA) is 55.1 Å². The minimum absolute atomic E-state index is 0.222. The van der Waals surface area contributed by atoms with Crippen molar-refractivity contribution in [2.24, 2.45) is 11.7 Å². The second-order valence-corrected chi connectivity index (χ2v) is 3.27. The number of carbonyl (C=O) groups is 1. The Kier molecular flexibility index (Phi) is 1.73. The van der Waals surface area contributed by atoms with Gasteiger partial charge in [0.15, 0.2) is 0 Å². The second-order valence-electron chi connectivity index (χ2n) is 3.27. The number of fused-ring (bicyclic) bond motifs is 1. The van der Waals surface area contributed by atoms with Crippen LogP contribution in [0.3, 0.4) is 0 Å². The Balaban J connectivity index is 2.25. The van der Waals surface area contributed by atoms with Crippen LogP contribution in [0.25, 0.3) is 0 Å². The van der Waals surface area contributed by atoms with Gasteiger partial charge in [0, 0.05) is 6.54 Å². The summed E-state index contributed by atoms with van der Waals surface area (Å²) < 4.78 is 0. The average Bonchev–Trinajstić information content (AvgIpc) is 2.47. The van der Waals surface area contributed by atoms with Crippen molar-refractivity contribution in [1.29, 1.82) is 0 Å². The normalized spacial score (nSPS) is 32.8. The van der Waals surface area contributed by atoms with Gasteiger partial charge in [0.05, 0.1) is 0 Å². The summed E-state index contributed by atoms with van der Waals surface area (Å²) in [6.07, 6.45) is 7.15. The van der Waals surface area contributed by atoms with Gasteiger partial charge in [-0.05, 0) is 17.9 Å². The zero-order valence-corrected chi connectivity index (χ0v) is 6.79. The van der Waals surface area contributed by atoms with E-state index in [0.717, 1.165) is 18.5 Å². The highest BCUT2D eigenvalue weighted by atomic mass is 16.1. The third-order valence-corrected chi connectivity index (χ3v) is 2.50. The van der Waals surface area contributed by atoms with Crippen molar-refractivity contribution in [3.8, 4) is 0 Å². The lowest BCUT2D eigenvalue weighted by atomic mass is 9.91. The first-order valence-electron chi connectivity index (χ1n) is 4.18. The first-order valence-corrected chi connectivity index (χ1v) is 4.18. The van der Waals surface area contributed by atoms with Gasteiger partial charge >= 0.3 is 0 Å². The number of carbonyl (C=O) groups excluding carboxylic acids is 1. The van der Waals surface area contributed by atoms with Crippen LogP contribution in [0.4, 0.5) is 0 Å². The van der Waals surface area contributed by atoms with Crippen molar-refractivity contribution in [2.45, 2.75) is 12.5 Å². The number of hydrogen-bond acceptors (Lipinski definition) is 2. The summed E-state index contributed by atoms with van der Waals surface area (Å²) in [5.41, 5.74) is 6.40. The predicted molar refractivity (Wildman–Crippen MR) is 46.3 cm³/mol. The van der Waals surface area contributed by atoms with Crippen LogP contribution in [0.1, 0.15) is 6.42 Å². The average molecular weight is 164 g/mol. The largest absolute Gasteiger partial charge is 0.368 e. The van der Waals surface area contributed by atoms with Gasteiger partial charge in [0.1, 0.15) is 6.04 Å². The van der Waals surface area contributed by atoms with E-state index in [1.165, 1.54) is 0 Å². The molecule has 0 aromatic carbocycles. The summed E-state index contributed by atoms with van der Waals surface area (Å²) >= 11 is 0.